The van der Waals surface area contributed by atoms with Crippen LogP contribution in [0.1, 0.15) is 33.7 Å². The summed E-state index contributed by atoms with van der Waals surface area (Å²) in [4.78, 5) is 32.5. The minimum absolute atomic E-state index is 0.00667. The Hall–Kier alpha value is -2.48. The van der Waals surface area contributed by atoms with E-state index in [4.69, 9.17) is 4.74 Å². The van der Waals surface area contributed by atoms with E-state index in [-0.39, 0.29) is 24.5 Å². The molecular weight excluding hydrogens is 452 g/mol. The van der Waals surface area contributed by atoms with Crippen LogP contribution in [0.3, 0.4) is 0 Å². The highest BCUT2D eigenvalue weighted by Crippen LogP contribution is 2.21. The van der Waals surface area contributed by atoms with Gasteiger partial charge in [-0.15, -0.1) is 22.7 Å². The zero-order valence-corrected chi connectivity index (χ0v) is 20.6. The predicted molar refractivity (Wildman–Crippen MR) is 133 cm³/mol. The molecule has 1 aliphatic rings. The molecular formula is C26H30N2O3S2. The van der Waals surface area contributed by atoms with Gasteiger partial charge in [-0.3, -0.25) is 9.59 Å². The molecule has 33 heavy (non-hydrogen) atoms. The fourth-order valence-corrected chi connectivity index (χ4v) is 5.62. The average molecular weight is 483 g/mol. The molecule has 1 fully saturated rings. The number of hydrogen-bond donors (Lipinski definition) is 0. The van der Waals surface area contributed by atoms with Crippen LogP contribution in [0.15, 0.2) is 59.3 Å². The van der Waals surface area contributed by atoms with E-state index >= 15 is 0 Å². The molecule has 2 amide bonds. The number of ether oxygens (including phenoxy) is 1. The Morgan fingerprint density at radius 1 is 0.970 bits per heavy atom. The van der Waals surface area contributed by atoms with Gasteiger partial charge in [0.15, 0.2) is 0 Å². The number of hydrogen-bond acceptors (Lipinski definition) is 5. The van der Waals surface area contributed by atoms with E-state index in [0.29, 0.717) is 26.1 Å². The molecule has 3 aromatic rings. The summed E-state index contributed by atoms with van der Waals surface area (Å²) in [7, 11) is 0. The molecule has 2 aromatic heterocycles. The van der Waals surface area contributed by atoms with Gasteiger partial charge in [-0.1, -0.05) is 36.4 Å². The highest BCUT2D eigenvalue weighted by molar-refractivity contribution is 7.10. The Labute approximate surface area is 203 Å². The molecule has 1 unspecified atom stereocenters. The molecule has 174 valence electrons. The third-order valence-corrected chi connectivity index (χ3v) is 7.79. The van der Waals surface area contributed by atoms with Crippen molar-refractivity contribution in [2.24, 2.45) is 0 Å². The first-order chi connectivity index (χ1) is 16.1. The fraction of sp³-hybridized carbons (Fsp3) is 0.385. The van der Waals surface area contributed by atoms with E-state index < -0.39 is 0 Å². The zero-order valence-electron chi connectivity index (χ0n) is 18.9. The highest BCUT2D eigenvalue weighted by Gasteiger charge is 2.27. The molecule has 1 saturated heterocycles. The molecule has 1 atom stereocenters. The molecule has 3 heterocycles. The van der Waals surface area contributed by atoms with Crippen molar-refractivity contribution in [2.75, 3.05) is 19.7 Å². The first kappa shape index (κ1) is 23.7. The molecule has 1 aliphatic heterocycles. The van der Waals surface area contributed by atoms with Crippen LogP contribution in [0.4, 0.5) is 0 Å². The van der Waals surface area contributed by atoms with Crippen molar-refractivity contribution in [3.63, 3.8) is 0 Å². The standard InChI is InChI=1S/C26H30N2O3S2/c1-20-11-14-33-24(20)18-27(16-21-7-3-2-4-8-21)26(30)19-28(17-22-9-5-12-31-22)25(29)15-23-10-6-13-32-23/h2-4,6-8,10-11,13-14,22H,5,9,12,15-19H2,1H3. The molecule has 5 nitrogen and oxygen atoms in total. The summed E-state index contributed by atoms with van der Waals surface area (Å²) in [6.07, 6.45) is 2.26. The van der Waals surface area contributed by atoms with Crippen LogP contribution < -0.4 is 0 Å². The van der Waals surface area contributed by atoms with Crippen molar-refractivity contribution in [3.05, 3.63) is 80.2 Å². The minimum atomic E-state index is -0.0378. The van der Waals surface area contributed by atoms with E-state index in [1.165, 1.54) is 10.4 Å². The van der Waals surface area contributed by atoms with E-state index in [0.717, 1.165) is 29.9 Å². The number of carbonyl (C=O) groups is 2. The van der Waals surface area contributed by atoms with Gasteiger partial charge < -0.3 is 14.5 Å². The lowest BCUT2D eigenvalue weighted by Crippen LogP contribution is -2.45. The summed E-state index contributed by atoms with van der Waals surface area (Å²) in [6.45, 7) is 4.40. The first-order valence-corrected chi connectivity index (χ1v) is 13.1. The quantitative estimate of drug-likeness (QED) is 0.413. The van der Waals surface area contributed by atoms with E-state index in [9.17, 15) is 9.59 Å². The molecule has 7 heteroatoms. The first-order valence-electron chi connectivity index (χ1n) is 11.3. The van der Waals surface area contributed by atoms with Gasteiger partial charge in [0.25, 0.3) is 0 Å². The second-order valence-corrected chi connectivity index (χ2v) is 10.5. The highest BCUT2D eigenvalue weighted by atomic mass is 32.1. The van der Waals surface area contributed by atoms with Crippen LogP contribution >= 0.6 is 22.7 Å². The van der Waals surface area contributed by atoms with Gasteiger partial charge in [0, 0.05) is 29.5 Å². The van der Waals surface area contributed by atoms with Gasteiger partial charge in [0.2, 0.25) is 11.8 Å². The smallest absolute Gasteiger partial charge is 0.242 e. The van der Waals surface area contributed by atoms with Crippen LogP contribution in [-0.2, 0) is 33.8 Å². The van der Waals surface area contributed by atoms with Crippen molar-refractivity contribution < 1.29 is 14.3 Å². The van der Waals surface area contributed by atoms with Crippen LogP contribution in [-0.4, -0.2) is 47.4 Å². The van der Waals surface area contributed by atoms with Gasteiger partial charge in [0.05, 0.1) is 25.6 Å². The van der Waals surface area contributed by atoms with Crippen molar-refractivity contribution in [1.82, 2.24) is 9.80 Å². The molecule has 0 saturated carbocycles. The third kappa shape index (κ3) is 6.76. The largest absolute Gasteiger partial charge is 0.376 e. The second kappa shape index (κ2) is 11.6. The SMILES string of the molecule is Cc1ccsc1CN(Cc1ccccc1)C(=O)CN(CC1CCCO1)C(=O)Cc1cccs1. The third-order valence-electron chi connectivity index (χ3n) is 5.90. The molecule has 0 bridgehead atoms. The van der Waals surface area contributed by atoms with Crippen molar-refractivity contribution in [1.29, 1.82) is 0 Å². The van der Waals surface area contributed by atoms with E-state index in [1.807, 2.05) is 52.7 Å². The van der Waals surface area contributed by atoms with Crippen LogP contribution in [0.25, 0.3) is 0 Å². The van der Waals surface area contributed by atoms with Gasteiger partial charge in [-0.25, -0.2) is 0 Å². The van der Waals surface area contributed by atoms with Crippen molar-refractivity contribution in [2.45, 2.75) is 45.4 Å². The summed E-state index contributed by atoms with van der Waals surface area (Å²) >= 11 is 3.24. The molecule has 4 rings (SSSR count). The van der Waals surface area contributed by atoms with Gasteiger partial charge in [-0.05, 0) is 53.8 Å². The number of benzene rings is 1. The summed E-state index contributed by atoms with van der Waals surface area (Å²) in [5.41, 5.74) is 2.27. The number of nitrogens with zero attached hydrogens (tertiary/aromatic N) is 2. The fourth-order valence-electron chi connectivity index (χ4n) is 4.00. The molecule has 0 aliphatic carbocycles. The van der Waals surface area contributed by atoms with Crippen molar-refractivity contribution >= 4 is 34.5 Å². The minimum Gasteiger partial charge on any atom is -0.376 e. The zero-order chi connectivity index (χ0) is 23.0. The van der Waals surface area contributed by atoms with Gasteiger partial charge in [-0.2, -0.15) is 0 Å². The topological polar surface area (TPSA) is 49.9 Å². The molecule has 0 spiro atoms. The monoisotopic (exact) mass is 482 g/mol. The number of thiophene rings is 2. The maximum atomic E-state index is 13.6. The lowest BCUT2D eigenvalue weighted by Gasteiger charge is -2.29. The second-order valence-electron chi connectivity index (χ2n) is 8.43. The number of rotatable bonds is 10. The Morgan fingerprint density at radius 3 is 2.48 bits per heavy atom. The Kier molecular flexibility index (Phi) is 8.31. The summed E-state index contributed by atoms with van der Waals surface area (Å²) < 4.78 is 5.79. The van der Waals surface area contributed by atoms with Crippen LogP contribution in [0, 0.1) is 6.92 Å². The number of aryl methyl sites for hydroxylation is 1. The maximum Gasteiger partial charge on any atom is 0.242 e. The predicted octanol–water partition coefficient (Wildman–Crippen LogP) is 4.90. The maximum absolute atomic E-state index is 13.6. The average Bonchev–Trinajstić information content (AvgIpc) is 3.58. The van der Waals surface area contributed by atoms with Gasteiger partial charge >= 0.3 is 0 Å². The molecule has 1 aromatic carbocycles. The van der Waals surface area contributed by atoms with Crippen molar-refractivity contribution in [3.8, 4) is 0 Å². The number of carbonyl (C=O) groups excluding carboxylic acids is 2. The Bertz CT molecular complexity index is 1030. The van der Waals surface area contributed by atoms with E-state index in [2.05, 4.69) is 18.4 Å². The molecule has 0 radical (unpaired) electrons. The lowest BCUT2D eigenvalue weighted by molar-refractivity contribution is -0.142. The van der Waals surface area contributed by atoms with Crippen LogP contribution in [0.5, 0.6) is 0 Å². The van der Waals surface area contributed by atoms with Crippen LogP contribution in [0.2, 0.25) is 0 Å². The lowest BCUT2D eigenvalue weighted by atomic mass is 10.2. The summed E-state index contributed by atoms with van der Waals surface area (Å²) in [5.74, 6) is -0.0579. The Balaban J connectivity index is 1.50. The number of amides is 2. The summed E-state index contributed by atoms with van der Waals surface area (Å²) in [5, 5.41) is 4.03. The molecule has 0 N–H and O–H groups in total. The Morgan fingerprint density at radius 2 is 1.82 bits per heavy atom. The normalized spacial score (nSPS) is 15.5. The summed E-state index contributed by atoms with van der Waals surface area (Å²) in [6, 6.07) is 16.0. The van der Waals surface area contributed by atoms with Gasteiger partial charge in [0.1, 0.15) is 0 Å². The van der Waals surface area contributed by atoms with E-state index in [1.54, 1.807) is 27.6 Å².